The molecule has 6 heteroatoms. The summed E-state index contributed by atoms with van der Waals surface area (Å²) in [6, 6.07) is 11.7. The minimum Gasteiger partial charge on any atom is -0.497 e. The molecule has 1 atom stereocenters. The monoisotopic (exact) mass is 348 g/mol. The van der Waals surface area contributed by atoms with Crippen LogP contribution >= 0.6 is 12.2 Å². The third kappa shape index (κ3) is 4.97. The number of furan rings is 1. The van der Waals surface area contributed by atoms with Gasteiger partial charge >= 0.3 is 0 Å². The molecule has 0 spiro atoms. The smallest absolute Gasteiger partial charge is 0.174 e. The van der Waals surface area contributed by atoms with Crippen molar-refractivity contribution in [1.29, 1.82) is 0 Å². The van der Waals surface area contributed by atoms with Crippen LogP contribution in [0.1, 0.15) is 18.7 Å². The number of ether oxygens (including phenoxy) is 1. The molecule has 0 amide bonds. The Balaban J connectivity index is 2.13. The molecule has 1 aromatic heterocycles. The minimum absolute atomic E-state index is 0.0601. The van der Waals surface area contributed by atoms with Crippen LogP contribution in [0.4, 0.5) is 5.69 Å². The zero-order valence-electron chi connectivity index (χ0n) is 14.7. The Morgan fingerprint density at radius 2 is 2.12 bits per heavy atom. The first-order chi connectivity index (χ1) is 11.5. The average Bonchev–Trinajstić information content (AvgIpc) is 3.09. The fraction of sp³-hybridized carbons (Fsp3) is 0.389. The SMILES string of the molecule is COc1cccc(NC(=S)N(CC[NH+](C)C)C(C)c2ccco2)c1. The zero-order chi connectivity index (χ0) is 17.5. The first-order valence-corrected chi connectivity index (χ1v) is 8.46. The number of thiocarbonyl (C=S) groups is 1. The summed E-state index contributed by atoms with van der Waals surface area (Å²) in [5.41, 5.74) is 0.910. The first-order valence-electron chi connectivity index (χ1n) is 8.05. The van der Waals surface area contributed by atoms with E-state index >= 15 is 0 Å². The summed E-state index contributed by atoms with van der Waals surface area (Å²) in [6.07, 6.45) is 1.69. The number of hydrogen-bond donors (Lipinski definition) is 2. The van der Waals surface area contributed by atoms with Crippen LogP contribution in [-0.2, 0) is 0 Å². The van der Waals surface area contributed by atoms with Crippen molar-refractivity contribution in [3.8, 4) is 5.75 Å². The topological polar surface area (TPSA) is 42.1 Å². The highest BCUT2D eigenvalue weighted by atomic mass is 32.1. The normalized spacial score (nSPS) is 12.0. The van der Waals surface area contributed by atoms with Crippen molar-refractivity contribution in [2.75, 3.05) is 39.6 Å². The first kappa shape index (κ1) is 18.3. The van der Waals surface area contributed by atoms with Crippen molar-refractivity contribution in [3.63, 3.8) is 0 Å². The summed E-state index contributed by atoms with van der Waals surface area (Å²) in [5.74, 6) is 1.70. The standard InChI is InChI=1S/C18H25N3O2S/c1-14(17-9-6-12-23-17)21(11-10-20(2)3)18(24)19-15-7-5-8-16(13-15)22-4/h5-9,12-14H,10-11H2,1-4H3,(H,19,24)/p+1. The van der Waals surface area contributed by atoms with Crippen LogP contribution in [0.5, 0.6) is 5.75 Å². The molecular formula is C18H26N3O2S+. The quantitative estimate of drug-likeness (QED) is 0.751. The molecule has 0 fully saturated rings. The zero-order valence-corrected chi connectivity index (χ0v) is 15.5. The maximum absolute atomic E-state index is 5.66. The lowest BCUT2D eigenvalue weighted by atomic mass is 10.2. The van der Waals surface area contributed by atoms with Crippen LogP contribution in [0, 0.1) is 0 Å². The third-order valence-corrected chi connectivity index (χ3v) is 4.19. The molecule has 5 nitrogen and oxygen atoms in total. The van der Waals surface area contributed by atoms with Crippen molar-refractivity contribution >= 4 is 23.0 Å². The van der Waals surface area contributed by atoms with Crippen molar-refractivity contribution in [2.45, 2.75) is 13.0 Å². The molecule has 2 rings (SSSR count). The van der Waals surface area contributed by atoms with Crippen molar-refractivity contribution < 1.29 is 14.1 Å². The maximum Gasteiger partial charge on any atom is 0.174 e. The van der Waals surface area contributed by atoms with E-state index in [2.05, 4.69) is 31.2 Å². The van der Waals surface area contributed by atoms with E-state index in [1.54, 1.807) is 13.4 Å². The van der Waals surface area contributed by atoms with Crippen LogP contribution in [0.2, 0.25) is 0 Å². The molecule has 0 saturated heterocycles. The van der Waals surface area contributed by atoms with Gasteiger partial charge in [-0.25, -0.2) is 0 Å². The maximum atomic E-state index is 5.66. The molecular weight excluding hydrogens is 322 g/mol. The number of benzene rings is 1. The molecule has 1 heterocycles. The highest BCUT2D eigenvalue weighted by molar-refractivity contribution is 7.80. The molecule has 1 unspecified atom stereocenters. The second-order valence-corrected chi connectivity index (χ2v) is 6.39. The number of quaternary nitrogens is 1. The van der Waals surface area contributed by atoms with E-state index in [0.29, 0.717) is 5.11 Å². The molecule has 0 bridgehead atoms. The second kappa shape index (κ2) is 8.70. The van der Waals surface area contributed by atoms with Crippen molar-refractivity contribution in [1.82, 2.24) is 4.90 Å². The summed E-state index contributed by atoms with van der Waals surface area (Å²) < 4.78 is 10.8. The molecule has 0 aliphatic carbocycles. The number of anilines is 1. The Hall–Kier alpha value is -2.05. The molecule has 0 radical (unpaired) electrons. The van der Waals surface area contributed by atoms with Gasteiger partial charge in [-0.05, 0) is 43.4 Å². The van der Waals surface area contributed by atoms with Crippen LogP contribution in [0.3, 0.4) is 0 Å². The number of methoxy groups -OCH3 is 1. The summed E-state index contributed by atoms with van der Waals surface area (Å²) in [4.78, 5) is 3.52. The summed E-state index contributed by atoms with van der Waals surface area (Å²) in [7, 11) is 5.92. The molecule has 130 valence electrons. The van der Waals surface area contributed by atoms with Gasteiger partial charge in [-0.1, -0.05) is 6.07 Å². The highest BCUT2D eigenvalue weighted by Gasteiger charge is 2.21. The molecule has 24 heavy (non-hydrogen) atoms. The van der Waals surface area contributed by atoms with Crippen LogP contribution in [-0.4, -0.2) is 44.3 Å². The van der Waals surface area contributed by atoms with Gasteiger partial charge < -0.3 is 24.3 Å². The highest BCUT2D eigenvalue weighted by Crippen LogP contribution is 2.22. The lowest BCUT2D eigenvalue weighted by molar-refractivity contribution is -0.857. The van der Waals surface area contributed by atoms with Crippen LogP contribution < -0.4 is 15.0 Å². The largest absolute Gasteiger partial charge is 0.497 e. The van der Waals surface area contributed by atoms with Crippen molar-refractivity contribution in [3.05, 3.63) is 48.4 Å². The van der Waals surface area contributed by atoms with Crippen molar-refractivity contribution in [2.24, 2.45) is 0 Å². The Morgan fingerprint density at radius 1 is 1.33 bits per heavy atom. The number of nitrogens with one attached hydrogen (secondary N) is 2. The van der Waals surface area contributed by atoms with Gasteiger partial charge in [0, 0.05) is 11.8 Å². The van der Waals surface area contributed by atoms with Gasteiger partial charge in [-0.15, -0.1) is 0 Å². The lowest BCUT2D eigenvalue weighted by Gasteiger charge is -2.31. The Kier molecular flexibility index (Phi) is 6.63. The van der Waals surface area contributed by atoms with E-state index in [1.807, 2.05) is 36.4 Å². The second-order valence-electron chi connectivity index (χ2n) is 6.00. The molecule has 2 aromatic rings. The Labute approximate surface area is 149 Å². The van der Waals surface area contributed by atoms with Gasteiger partial charge in [0.1, 0.15) is 11.5 Å². The predicted octanol–water partition coefficient (Wildman–Crippen LogP) is 2.19. The van der Waals surface area contributed by atoms with Gasteiger partial charge in [0.25, 0.3) is 0 Å². The van der Waals surface area contributed by atoms with Gasteiger partial charge in [-0.3, -0.25) is 0 Å². The number of nitrogens with zero attached hydrogens (tertiary/aromatic N) is 1. The third-order valence-electron chi connectivity index (χ3n) is 3.86. The van der Waals surface area contributed by atoms with E-state index < -0.39 is 0 Å². The molecule has 2 N–H and O–H groups in total. The Bertz CT molecular complexity index is 643. The lowest BCUT2D eigenvalue weighted by Crippen LogP contribution is -3.06. The number of rotatable bonds is 7. The van der Waals surface area contributed by atoms with Gasteiger partial charge in [0.15, 0.2) is 5.11 Å². The molecule has 0 aliphatic heterocycles. The summed E-state index contributed by atoms with van der Waals surface area (Å²) in [6.45, 7) is 3.91. The van der Waals surface area contributed by atoms with Gasteiger partial charge in [0.05, 0.1) is 46.6 Å². The molecule has 0 aliphatic rings. The van der Waals surface area contributed by atoms with Gasteiger partial charge in [0.2, 0.25) is 0 Å². The molecule has 1 aromatic carbocycles. The van der Waals surface area contributed by atoms with E-state index in [9.17, 15) is 0 Å². The van der Waals surface area contributed by atoms with E-state index in [1.165, 1.54) is 4.90 Å². The molecule has 0 saturated carbocycles. The number of likely N-dealkylation sites (N-methyl/N-ethyl adjacent to an activating group) is 1. The average molecular weight is 348 g/mol. The number of hydrogen-bond acceptors (Lipinski definition) is 3. The fourth-order valence-corrected chi connectivity index (χ4v) is 2.76. The predicted molar refractivity (Wildman–Crippen MR) is 101 cm³/mol. The van der Waals surface area contributed by atoms with Gasteiger partial charge in [-0.2, -0.15) is 0 Å². The summed E-state index contributed by atoms with van der Waals surface area (Å²) >= 11 is 5.66. The fourth-order valence-electron chi connectivity index (χ4n) is 2.39. The minimum atomic E-state index is 0.0601. The van der Waals surface area contributed by atoms with E-state index in [0.717, 1.165) is 30.3 Å². The van der Waals surface area contributed by atoms with Crippen LogP contribution in [0.15, 0.2) is 47.1 Å². The van der Waals surface area contributed by atoms with E-state index in [4.69, 9.17) is 21.4 Å². The van der Waals surface area contributed by atoms with E-state index in [-0.39, 0.29) is 6.04 Å². The summed E-state index contributed by atoms with van der Waals surface area (Å²) in [5, 5.41) is 3.98. The van der Waals surface area contributed by atoms with Crippen LogP contribution in [0.25, 0.3) is 0 Å². The Morgan fingerprint density at radius 3 is 2.75 bits per heavy atom.